The van der Waals surface area contributed by atoms with Gasteiger partial charge >= 0.3 is 13.8 Å². The summed E-state index contributed by atoms with van der Waals surface area (Å²) in [7, 11) is -4.71. The lowest BCUT2D eigenvalue weighted by atomic mass is 10.1. The molecule has 0 saturated heterocycles. The van der Waals surface area contributed by atoms with Gasteiger partial charge in [-0.15, -0.1) is 0 Å². The Morgan fingerprint density at radius 2 is 2.23 bits per heavy atom. The number of phosphoric acid groups is 1. The van der Waals surface area contributed by atoms with Gasteiger partial charge < -0.3 is 20.0 Å². The van der Waals surface area contributed by atoms with Gasteiger partial charge in [0.05, 0.1) is 12.3 Å². The third-order valence-corrected chi connectivity index (χ3v) is 2.90. The second-order valence-corrected chi connectivity index (χ2v) is 5.22. The number of carbonyl (C=O) groups is 1. The molecule has 1 aromatic heterocycles. The van der Waals surface area contributed by atoms with Crippen molar-refractivity contribution in [3.8, 4) is 5.75 Å². The first-order valence-corrected chi connectivity index (χ1v) is 7.23. The first-order valence-electron chi connectivity index (χ1n) is 5.70. The Hall–Kier alpha value is -2.28. The summed E-state index contributed by atoms with van der Waals surface area (Å²) in [5, 5.41) is 18.7. The summed E-state index contributed by atoms with van der Waals surface area (Å²) < 4.78 is 15.1. The zero-order chi connectivity index (χ0) is 16.9. The third-order valence-electron chi connectivity index (χ3n) is 2.44. The van der Waals surface area contributed by atoms with Crippen molar-refractivity contribution < 1.29 is 33.9 Å². The highest BCUT2D eigenvalue weighted by molar-refractivity contribution is 7.46. The van der Waals surface area contributed by atoms with Crippen LogP contribution in [-0.2, 0) is 20.5 Å². The van der Waals surface area contributed by atoms with Crippen LogP contribution in [0.4, 0.5) is 0 Å². The van der Waals surface area contributed by atoms with Gasteiger partial charge in [-0.25, -0.2) is 14.4 Å². The van der Waals surface area contributed by atoms with Gasteiger partial charge in [-0.05, 0) is 6.92 Å². The Morgan fingerprint density at radius 1 is 1.59 bits per heavy atom. The van der Waals surface area contributed by atoms with E-state index in [2.05, 4.69) is 26.8 Å². The summed E-state index contributed by atoms with van der Waals surface area (Å²) in [6.07, 6.45) is 2.23. The molecule has 22 heavy (non-hydrogen) atoms. The summed E-state index contributed by atoms with van der Waals surface area (Å²) in [6, 6.07) is 0. The Bertz CT molecular complexity index is 716. The molecule has 0 amide bonds. The lowest BCUT2D eigenvalue weighted by Crippen LogP contribution is -2.02. The SMILES string of the molecule is C=C=C(N=Cc1c(COP(=O)(O)O)cnc(C)c1O)C(=O)O. The number of rotatable bonds is 6. The van der Waals surface area contributed by atoms with Gasteiger partial charge in [0, 0.05) is 23.5 Å². The maximum absolute atomic E-state index is 10.8. The molecule has 0 atom stereocenters. The second-order valence-electron chi connectivity index (χ2n) is 3.98. The largest absolute Gasteiger partial charge is 0.505 e. The number of nitrogens with zero attached hydrogens (tertiary/aromatic N) is 2. The predicted octanol–water partition coefficient (Wildman–Crippen LogP) is 0.877. The van der Waals surface area contributed by atoms with E-state index in [1.54, 1.807) is 0 Å². The van der Waals surface area contributed by atoms with Crippen LogP contribution in [0.2, 0.25) is 0 Å². The number of phosphoric ester groups is 1. The molecule has 0 radical (unpaired) electrons. The van der Waals surface area contributed by atoms with E-state index >= 15 is 0 Å². The number of aliphatic carboxylic acids is 1. The summed E-state index contributed by atoms with van der Waals surface area (Å²) in [6.45, 7) is 4.11. The average Bonchev–Trinajstić information content (AvgIpc) is 2.41. The fourth-order valence-corrected chi connectivity index (χ4v) is 1.68. The first kappa shape index (κ1) is 17.8. The van der Waals surface area contributed by atoms with Crippen LogP contribution < -0.4 is 0 Å². The Kier molecular flexibility index (Phi) is 5.76. The molecule has 0 saturated carbocycles. The van der Waals surface area contributed by atoms with Crippen LogP contribution in [0.15, 0.2) is 29.2 Å². The summed E-state index contributed by atoms with van der Waals surface area (Å²) >= 11 is 0. The van der Waals surface area contributed by atoms with Gasteiger partial charge in [0.25, 0.3) is 0 Å². The number of pyridine rings is 1. The topological polar surface area (TPSA) is 150 Å². The minimum Gasteiger partial charge on any atom is -0.505 e. The Balaban J connectivity index is 3.23. The van der Waals surface area contributed by atoms with Crippen molar-refractivity contribution in [3.63, 3.8) is 0 Å². The standard InChI is InChI=1S/C12H13N2O7P/c1-3-10(12(16)17)14-5-9-8(6-21-22(18,19)20)4-13-7(2)11(9)15/h4-5,15H,1,6H2,2H3,(H,16,17)(H2,18,19,20). The Morgan fingerprint density at radius 3 is 2.73 bits per heavy atom. The normalized spacial score (nSPS) is 11.4. The van der Waals surface area contributed by atoms with Crippen LogP contribution in [0.5, 0.6) is 5.75 Å². The third kappa shape index (κ3) is 4.92. The summed E-state index contributed by atoms with van der Waals surface area (Å²) in [5.74, 6) is -1.69. The van der Waals surface area contributed by atoms with Crippen LogP contribution in [0, 0.1) is 6.92 Å². The van der Waals surface area contributed by atoms with Crippen LogP contribution in [0.3, 0.4) is 0 Å². The minimum atomic E-state index is -4.71. The molecule has 9 nitrogen and oxygen atoms in total. The molecule has 0 unspecified atom stereocenters. The fourth-order valence-electron chi connectivity index (χ4n) is 1.37. The minimum absolute atomic E-state index is 0.0231. The van der Waals surface area contributed by atoms with Crippen molar-refractivity contribution in [2.45, 2.75) is 13.5 Å². The lowest BCUT2D eigenvalue weighted by molar-refractivity contribution is -0.132. The Labute approximate surface area is 125 Å². The molecule has 118 valence electrons. The van der Waals surface area contributed by atoms with E-state index in [9.17, 15) is 14.5 Å². The van der Waals surface area contributed by atoms with Gasteiger partial charge in [-0.2, -0.15) is 0 Å². The van der Waals surface area contributed by atoms with Crippen LogP contribution >= 0.6 is 7.82 Å². The number of aromatic nitrogens is 1. The quantitative estimate of drug-likeness (QED) is 0.260. The molecule has 0 aliphatic heterocycles. The van der Waals surface area contributed by atoms with E-state index < -0.39 is 26.1 Å². The molecule has 0 bridgehead atoms. The van der Waals surface area contributed by atoms with Crippen molar-refractivity contribution in [1.29, 1.82) is 0 Å². The van der Waals surface area contributed by atoms with Gasteiger partial charge in [-0.1, -0.05) is 12.3 Å². The van der Waals surface area contributed by atoms with Gasteiger partial charge in [0.15, 0.2) is 5.70 Å². The molecule has 1 aromatic rings. The van der Waals surface area contributed by atoms with E-state index in [0.717, 1.165) is 6.21 Å². The monoisotopic (exact) mass is 328 g/mol. The van der Waals surface area contributed by atoms with Crippen LogP contribution in [-0.4, -0.2) is 37.2 Å². The molecule has 0 aliphatic rings. The van der Waals surface area contributed by atoms with Crippen molar-refractivity contribution in [1.82, 2.24) is 4.98 Å². The highest BCUT2D eigenvalue weighted by atomic mass is 31.2. The molecule has 1 rings (SSSR count). The summed E-state index contributed by atoms with van der Waals surface area (Å²) in [5.41, 5.74) is 1.97. The molecule has 1 heterocycles. The molecule has 10 heteroatoms. The number of aryl methyl sites for hydroxylation is 1. The molecule has 0 aromatic carbocycles. The molecule has 0 spiro atoms. The van der Waals surface area contributed by atoms with Gasteiger partial charge in [-0.3, -0.25) is 9.51 Å². The summed E-state index contributed by atoms with van der Waals surface area (Å²) in [4.78, 5) is 35.6. The first-order chi connectivity index (χ1) is 10.2. The molecular formula is C12H13N2O7P. The molecular weight excluding hydrogens is 315 g/mol. The zero-order valence-corrected chi connectivity index (χ0v) is 12.3. The van der Waals surface area contributed by atoms with Gasteiger partial charge in [0.2, 0.25) is 0 Å². The number of aliphatic imine (C=N–C) groups is 1. The number of carboxylic acids is 1. The smallest absolute Gasteiger partial charge is 0.469 e. The average molecular weight is 328 g/mol. The maximum Gasteiger partial charge on any atom is 0.469 e. The highest BCUT2D eigenvalue weighted by Crippen LogP contribution is 2.37. The molecule has 0 fully saturated rings. The van der Waals surface area contributed by atoms with Crippen LogP contribution in [0.1, 0.15) is 16.8 Å². The number of aromatic hydroxyl groups is 1. The maximum atomic E-state index is 10.8. The van der Waals surface area contributed by atoms with E-state index in [4.69, 9.17) is 14.9 Å². The molecule has 0 aliphatic carbocycles. The van der Waals surface area contributed by atoms with E-state index in [1.807, 2.05) is 0 Å². The van der Waals surface area contributed by atoms with Crippen LogP contribution in [0.25, 0.3) is 0 Å². The number of hydrogen-bond donors (Lipinski definition) is 4. The van der Waals surface area contributed by atoms with E-state index in [0.29, 0.717) is 0 Å². The zero-order valence-electron chi connectivity index (χ0n) is 11.4. The van der Waals surface area contributed by atoms with Crippen molar-refractivity contribution in [2.24, 2.45) is 4.99 Å². The van der Waals surface area contributed by atoms with Gasteiger partial charge in [0.1, 0.15) is 5.75 Å². The lowest BCUT2D eigenvalue weighted by Gasteiger charge is -2.10. The highest BCUT2D eigenvalue weighted by Gasteiger charge is 2.17. The fraction of sp³-hybridized carbons (Fsp3) is 0.167. The van der Waals surface area contributed by atoms with E-state index in [1.165, 1.54) is 13.1 Å². The number of carboxylic acid groups (broad SMARTS) is 1. The second kappa shape index (κ2) is 7.13. The van der Waals surface area contributed by atoms with E-state index in [-0.39, 0.29) is 22.6 Å². The van der Waals surface area contributed by atoms with Crippen molar-refractivity contribution >= 4 is 20.0 Å². The van der Waals surface area contributed by atoms with Crippen molar-refractivity contribution in [2.75, 3.05) is 0 Å². The molecule has 4 N–H and O–H groups in total. The predicted molar refractivity (Wildman–Crippen MR) is 75.4 cm³/mol. The number of hydrogen-bond acceptors (Lipinski definition) is 6. The van der Waals surface area contributed by atoms with Crippen molar-refractivity contribution in [3.05, 3.63) is 41.0 Å².